The molecular weight excluding hydrogens is 444 g/mol. The summed E-state index contributed by atoms with van der Waals surface area (Å²) in [6, 6.07) is 3.27. The molecule has 0 saturated heterocycles. The monoisotopic (exact) mass is 469 g/mol. The van der Waals surface area contributed by atoms with Gasteiger partial charge in [-0.05, 0) is 32.8 Å². The molecule has 0 fully saturated rings. The lowest BCUT2D eigenvalue weighted by atomic mass is 9.91. The molecular formula is C20H27Cl4NO3. The summed E-state index contributed by atoms with van der Waals surface area (Å²) in [7, 11) is 0. The molecule has 0 radical (unpaired) electrons. The number of rotatable bonds is 10. The molecule has 0 spiro atoms. The molecule has 8 heteroatoms. The van der Waals surface area contributed by atoms with Crippen LogP contribution in [0, 0.1) is 5.41 Å². The Morgan fingerprint density at radius 3 is 2.32 bits per heavy atom. The zero-order valence-corrected chi connectivity index (χ0v) is 19.8. The lowest BCUT2D eigenvalue weighted by molar-refractivity contribution is 0.122. The Hall–Kier alpha value is -0.810. The number of benzene rings is 1. The smallest absolute Gasteiger partial charge is 0.157 e. The molecule has 0 heterocycles. The van der Waals surface area contributed by atoms with Gasteiger partial charge in [0, 0.05) is 17.5 Å². The minimum absolute atomic E-state index is 0.00625. The second-order valence-corrected chi connectivity index (χ2v) is 9.17. The zero-order valence-electron chi connectivity index (χ0n) is 16.8. The Balaban J connectivity index is 2.51. The molecule has 0 amide bonds. The first kappa shape index (κ1) is 25.2. The molecule has 28 heavy (non-hydrogen) atoms. The zero-order chi connectivity index (χ0) is 21.3. The van der Waals surface area contributed by atoms with Crippen molar-refractivity contribution >= 4 is 52.1 Å². The van der Waals surface area contributed by atoms with Crippen LogP contribution in [0.5, 0.6) is 11.5 Å². The molecule has 0 aliphatic carbocycles. The van der Waals surface area contributed by atoms with Crippen LogP contribution in [0.3, 0.4) is 0 Å². The van der Waals surface area contributed by atoms with E-state index < -0.39 is 0 Å². The number of hydrogen-bond donors (Lipinski definition) is 0. The maximum absolute atomic E-state index is 6.28. The summed E-state index contributed by atoms with van der Waals surface area (Å²) in [4.78, 5) is 5.38. The molecule has 1 aromatic rings. The number of halogens is 4. The van der Waals surface area contributed by atoms with E-state index in [1.807, 2.05) is 13.8 Å². The number of nitrogens with zero attached hydrogens (tertiary/aromatic N) is 1. The molecule has 0 aliphatic heterocycles. The average molecular weight is 471 g/mol. The van der Waals surface area contributed by atoms with E-state index in [0.717, 1.165) is 18.6 Å². The van der Waals surface area contributed by atoms with Gasteiger partial charge in [0.25, 0.3) is 0 Å². The third-order valence-corrected chi connectivity index (χ3v) is 4.78. The molecule has 0 aliphatic rings. The van der Waals surface area contributed by atoms with Gasteiger partial charge in [-0.2, -0.15) is 0 Å². The SMILES string of the molecule is CC(=NOCCCC(C)Oc1c(Cl)cc(OCC=C(Cl)Cl)cc1Cl)C(C)(C)C. The predicted octanol–water partition coefficient (Wildman–Crippen LogP) is 7.68. The van der Waals surface area contributed by atoms with Gasteiger partial charge in [-0.1, -0.05) is 72.3 Å². The highest BCUT2D eigenvalue weighted by molar-refractivity contribution is 6.55. The molecule has 1 unspecified atom stereocenters. The minimum Gasteiger partial charge on any atom is -0.489 e. The van der Waals surface area contributed by atoms with Gasteiger partial charge in [-0.15, -0.1) is 0 Å². The van der Waals surface area contributed by atoms with Crippen molar-refractivity contribution in [3.8, 4) is 11.5 Å². The van der Waals surface area contributed by atoms with Gasteiger partial charge >= 0.3 is 0 Å². The number of ether oxygens (including phenoxy) is 2. The Morgan fingerprint density at radius 2 is 1.79 bits per heavy atom. The molecule has 1 rings (SSSR count). The topological polar surface area (TPSA) is 40.0 Å². The van der Waals surface area contributed by atoms with E-state index in [0.29, 0.717) is 28.2 Å². The second-order valence-electron chi connectivity index (χ2n) is 7.35. The van der Waals surface area contributed by atoms with Gasteiger partial charge in [-0.3, -0.25) is 0 Å². The van der Waals surface area contributed by atoms with Crippen LogP contribution in [-0.2, 0) is 4.84 Å². The Kier molecular flexibility index (Phi) is 10.8. The number of hydrogen-bond acceptors (Lipinski definition) is 4. The molecule has 0 saturated carbocycles. The van der Waals surface area contributed by atoms with E-state index in [1.165, 1.54) is 6.08 Å². The van der Waals surface area contributed by atoms with E-state index in [1.54, 1.807) is 12.1 Å². The van der Waals surface area contributed by atoms with Crippen molar-refractivity contribution in [3.05, 3.63) is 32.7 Å². The fourth-order valence-corrected chi connectivity index (χ4v) is 2.59. The van der Waals surface area contributed by atoms with E-state index in [4.69, 9.17) is 60.7 Å². The molecule has 158 valence electrons. The van der Waals surface area contributed by atoms with Crippen LogP contribution < -0.4 is 9.47 Å². The highest BCUT2D eigenvalue weighted by atomic mass is 35.5. The summed E-state index contributed by atoms with van der Waals surface area (Å²) in [6.07, 6.45) is 3.00. The minimum atomic E-state index is -0.0870. The van der Waals surface area contributed by atoms with Crippen molar-refractivity contribution < 1.29 is 14.3 Å². The van der Waals surface area contributed by atoms with Gasteiger partial charge in [0.05, 0.1) is 21.9 Å². The summed E-state index contributed by atoms with van der Waals surface area (Å²) in [5, 5.41) is 4.89. The second kappa shape index (κ2) is 12.0. The molecule has 0 N–H and O–H groups in total. The van der Waals surface area contributed by atoms with Crippen LogP contribution in [-0.4, -0.2) is 25.0 Å². The highest BCUT2D eigenvalue weighted by Crippen LogP contribution is 2.37. The van der Waals surface area contributed by atoms with Gasteiger partial charge in [-0.25, -0.2) is 0 Å². The Labute approximate surface area is 187 Å². The van der Waals surface area contributed by atoms with Crippen LogP contribution in [0.4, 0.5) is 0 Å². The average Bonchev–Trinajstić information content (AvgIpc) is 2.56. The van der Waals surface area contributed by atoms with Crippen molar-refractivity contribution in [3.63, 3.8) is 0 Å². The van der Waals surface area contributed by atoms with Crippen LogP contribution in [0.25, 0.3) is 0 Å². The standard InChI is InChI=1S/C20H27Cl4NO3/c1-13(7-6-9-27-25-14(2)20(3,4)5)28-19-16(21)11-15(12-17(19)22)26-10-8-18(23)24/h8,11-13H,6-7,9-10H2,1-5H3. The van der Waals surface area contributed by atoms with E-state index >= 15 is 0 Å². The predicted molar refractivity (Wildman–Crippen MR) is 120 cm³/mol. The lowest BCUT2D eigenvalue weighted by Crippen LogP contribution is -2.17. The van der Waals surface area contributed by atoms with Gasteiger partial charge in [0.1, 0.15) is 23.5 Å². The molecule has 0 aromatic heterocycles. The van der Waals surface area contributed by atoms with Gasteiger partial charge in [0.15, 0.2) is 5.75 Å². The summed E-state index contributed by atoms with van der Waals surface area (Å²) in [5.41, 5.74) is 0.966. The van der Waals surface area contributed by atoms with Gasteiger partial charge in [0.2, 0.25) is 0 Å². The first-order chi connectivity index (χ1) is 13.0. The summed E-state index contributed by atoms with van der Waals surface area (Å²) < 4.78 is 11.5. The summed E-state index contributed by atoms with van der Waals surface area (Å²) in [6.45, 7) is 10.9. The first-order valence-corrected chi connectivity index (χ1v) is 10.5. The maximum Gasteiger partial charge on any atom is 0.157 e. The fourth-order valence-electron chi connectivity index (χ4n) is 1.91. The van der Waals surface area contributed by atoms with Crippen molar-refractivity contribution in [2.24, 2.45) is 10.6 Å². The number of oxime groups is 1. The van der Waals surface area contributed by atoms with Crippen LogP contribution >= 0.6 is 46.4 Å². The molecule has 4 nitrogen and oxygen atoms in total. The molecule has 1 atom stereocenters. The lowest BCUT2D eigenvalue weighted by Gasteiger charge is -2.18. The Morgan fingerprint density at radius 1 is 1.18 bits per heavy atom. The van der Waals surface area contributed by atoms with Crippen molar-refractivity contribution in [2.45, 2.75) is 53.6 Å². The molecule has 0 bridgehead atoms. The maximum atomic E-state index is 6.28. The van der Waals surface area contributed by atoms with Crippen molar-refractivity contribution in [2.75, 3.05) is 13.2 Å². The van der Waals surface area contributed by atoms with Gasteiger partial charge < -0.3 is 14.3 Å². The highest BCUT2D eigenvalue weighted by Gasteiger charge is 2.15. The van der Waals surface area contributed by atoms with Crippen LogP contribution in [0.15, 0.2) is 27.9 Å². The third-order valence-electron chi connectivity index (χ3n) is 3.91. The van der Waals surface area contributed by atoms with E-state index in [9.17, 15) is 0 Å². The van der Waals surface area contributed by atoms with E-state index in [2.05, 4.69) is 25.9 Å². The third kappa shape index (κ3) is 9.60. The quantitative estimate of drug-likeness (QED) is 0.200. The van der Waals surface area contributed by atoms with Crippen LogP contribution in [0.1, 0.15) is 47.5 Å². The molecule has 1 aromatic carbocycles. The van der Waals surface area contributed by atoms with E-state index in [-0.39, 0.29) is 22.6 Å². The van der Waals surface area contributed by atoms with Crippen molar-refractivity contribution in [1.29, 1.82) is 0 Å². The summed E-state index contributed by atoms with van der Waals surface area (Å²) >= 11 is 23.7. The normalized spacial score (nSPS) is 13.1. The largest absolute Gasteiger partial charge is 0.489 e. The Bertz CT molecular complexity index is 672. The summed E-state index contributed by atoms with van der Waals surface area (Å²) in [5.74, 6) is 0.929. The first-order valence-electron chi connectivity index (χ1n) is 8.97. The van der Waals surface area contributed by atoms with Crippen molar-refractivity contribution in [1.82, 2.24) is 0 Å². The fraction of sp³-hybridized carbons (Fsp3) is 0.550. The van der Waals surface area contributed by atoms with Crippen LogP contribution in [0.2, 0.25) is 10.0 Å².